The van der Waals surface area contributed by atoms with Gasteiger partial charge in [0, 0.05) is 31.2 Å². The third-order valence-electron chi connectivity index (χ3n) is 4.44. The first-order valence-electron chi connectivity index (χ1n) is 8.30. The molecule has 0 radical (unpaired) electrons. The number of amides is 2. The Bertz CT molecular complexity index is 544. The number of benzene rings is 1. The molecule has 126 valence electrons. The lowest BCUT2D eigenvalue weighted by atomic mass is 9.80. The van der Waals surface area contributed by atoms with Gasteiger partial charge in [0.05, 0.1) is 5.41 Å². The molecule has 1 aromatic rings. The highest BCUT2D eigenvalue weighted by Gasteiger charge is 2.39. The molecule has 2 amide bonds. The molecule has 5 heteroatoms. The van der Waals surface area contributed by atoms with Crippen molar-refractivity contribution in [3.63, 3.8) is 0 Å². The van der Waals surface area contributed by atoms with E-state index in [2.05, 4.69) is 5.32 Å². The van der Waals surface area contributed by atoms with Crippen molar-refractivity contribution in [2.45, 2.75) is 39.2 Å². The van der Waals surface area contributed by atoms with E-state index in [1.54, 1.807) is 4.90 Å². The highest BCUT2D eigenvalue weighted by molar-refractivity contribution is 5.95. The summed E-state index contributed by atoms with van der Waals surface area (Å²) in [5.41, 5.74) is 5.86. The van der Waals surface area contributed by atoms with E-state index < -0.39 is 5.41 Å². The minimum Gasteiger partial charge on any atom is -0.356 e. The summed E-state index contributed by atoms with van der Waals surface area (Å²) in [5, 5.41) is 2.97. The maximum absolute atomic E-state index is 12.6. The van der Waals surface area contributed by atoms with E-state index in [1.165, 1.54) is 0 Å². The molecular weight excluding hydrogens is 290 g/mol. The number of rotatable bonds is 5. The summed E-state index contributed by atoms with van der Waals surface area (Å²) in [5.74, 6) is 0.0172. The summed E-state index contributed by atoms with van der Waals surface area (Å²) >= 11 is 0. The minimum absolute atomic E-state index is 0.0000876. The van der Waals surface area contributed by atoms with Crippen LogP contribution in [0, 0.1) is 5.41 Å². The van der Waals surface area contributed by atoms with Crippen molar-refractivity contribution in [2.24, 2.45) is 11.1 Å². The lowest BCUT2D eigenvalue weighted by molar-refractivity contribution is -0.132. The second-order valence-corrected chi connectivity index (χ2v) is 6.78. The molecule has 0 aliphatic carbocycles. The molecule has 1 aliphatic rings. The minimum atomic E-state index is -0.527. The van der Waals surface area contributed by atoms with E-state index in [9.17, 15) is 9.59 Å². The molecule has 0 bridgehead atoms. The maximum Gasteiger partial charge on any atom is 0.253 e. The number of hydrogen-bond acceptors (Lipinski definition) is 3. The number of carbonyl (C=O) groups excluding carboxylic acids is 2. The molecule has 1 fully saturated rings. The van der Waals surface area contributed by atoms with Gasteiger partial charge in [0.2, 0.25) is 5.91 Å². The van der Waals surface area contributed by atoms with Gasteiger partial charge >= 0.3 is 0 Å². The van der Waals surface area contributed by atoms with E-state index in [4.69, 9.17) is 5.73 Å². The largest absolute Gasteiger partial charge is 0.356 e. The standard InChI is InChI=1S/C18H27N3O2/c1-14(19)9-11-20-17(23)18(2)10-6-12-21(13-18)16(22)15-7-4-3-5-8-15/h3-5,7-8,14H,6,9-13,19H2,1-2H3,(H,20,23). The fourth-order valence-corrected chi connectivity index (χ4v) is 2.99. The number of nitrogens with one attached hydrogen (secondary N) is 1. The predicted molar refractivity (Wildman–Crippen MR) is 91.0 cm³/mol. The molecule has 1 heterocycles. The van der Waals surface area contributed by atoms with Crippen molar-refractivity contribution in [3.8, 4) is 0 Å². The fraction of sp³-hybridized carbons (Fsp3) is 0.556. The first-order valence-corrected chi connectivity index (χ1v) is 8.30. The van der Waals surface area contributed by atoms with Crippen molar-refractivity contribution < 1.29 is 9.59 Å². The van der Waals surface area contributed by atoms with Gasteiger partial charge in [-0.25, -0.2) is 0 Å². The Hall–Kier alpha value is -1.88. The third kappa shape index (κ3) is 4.55. The van der Waals surface area contributed by atoms with Crippen LogP contribution in [-0.4, -0.2) is 42.4 Å². The number of piperidine rings is 1. The first kappa shape index (κ1) is 17.5. The molecule has 2 rings (SSSR count). The van der Waals surface area contributed by atoms with Crippen molar-refractivity contribution in [1.82, 2.24) is 10.2 Å². The van der Waals surface area contributed by atoms with Gasteiger partial charge in [0.25, 0.3) is 5.91 Å². The first-order chi connectivity index (χ1) is 10.9. The maximum atomic E-state index is 12.6. The Morgan fingerprint density at radius 3 is 2.70 bits per heavy atom. The molecule has 2 unspecified atom stereocenters. The van der Waals surface area contributed by atoms with E-state index >= 15 is 0 Å². The Morgan fingerprint density at radius 2 is 2.04 bits per heavy atom. The summed E-state index contributed by atoms with van der Waals surface area (Å²) in [6.07, 6.45) is 2.40. The number of nitrogens with zero attached hydrogens (tertiary/aromatic N) is 1. The van der Waals surface area contributed by atoms with Crippen LogP contribution in [0.15, 0.2) is 30.3 Å². The molecule has 3 N–H and O–H groups in total. The number of carbonyl (C=O) groups is 2. The fourth-order valence-electron chi connectivity index (χ4n) is 2.99. The smallest absolute Gasteiger partial charge is 0.253 e. The lowest BCUT2D eigenvalue weighted by Gasteiger charge is -2.39. The molecule has 0 spiro atoms. The summed E-state index contributed by atoms with van der Waals surface area (Å²) in [7, 11) is 0. The van der Waals surface area contributed by atoms with Crippen LogP contribution < -0.4 is 11.1 Å². The van der Waals surface area contributed by atoms with E-state index in [1.807, 2.05) is 44.2 Å². The van der Waals surface area contributed by atoms with Gasteiger partial charge in [-0.3, -0.25) is 9.59 Å². The van der Waals surface area contributed by atoms with Gasteiger partial charge in [-0.05, 0) is 45.2 Å². The zero-order chi connectivity index (χ0) is 16.9. The average molecular weight is 317 g/mol. The number of nitrogens with two attached hydrogens (primary N) is 1. The Labute approximate surface area is 138 Å². The van der Waals surface area contributed by atoms with Crippen molar-refractivity contribution >= 4 is 11.8 Å². The van der Waals surface area contributed by atoms with Crippen molar-refractivity contribution in [1.29, 1.82) is 0 Å². The molecule has 1 aliphatic heterocycles. The quantitative estimate of drug-likeness (QED) is 0.869. The lowest BCUT2D eigenvalue weighted by Crippen LogP contribution is -2.52. The van der Waals surface area contributed by atoms with Crippen molar-refractivity contribution in [3.05, 3.63) is 35.9 Å². The molecule has 1 aromatic carbocycles. The summed E-state index contributed by atoms with van der Waals surface area (Å²) in [6.45, 7) is 5.62. The zero-order valence-electron chi connectivity index (χ0n) is 14.0. The van der Waals surface area contributed by atoms with Gasteiger partial charge in [-0.1, -0.05) is 18.2 Å². The van der Waals surface area contributed by atoms with E-state index in [0.29, 0.717) is 25.2 Å². The molecular formula is C18H27N3O2. The monoisotopic (exact) mass is 317 g/mol. The molecule has 1 saturated heterocycles. The second-order valence-electron chi connectivity index (χ2n) is 6.78. The Balaban J connectivity index is 1.98. The zero-order valence-corrected chi connectivity index (χ0v) is 14.0. The normalized spacial score (nSPS) is 22.5. The van der Waals surface area contributed by atoms with Crippen LogP contribution in [0.25, 0.3) is 0 Å². The summed E-state index contributed by atoms with van der Waals surface area (Å²) in [6, 6.07) is 9.32. The van der Waals surface area contributed by atoms with Crippen LogP contribution in [0.2, 0.25) is 0 Å². The molecule has 23 heavy (non-hydrogen) atoms. The van der Waals surface area contributed by atoms with E-state index in [-0.39, 0.29) is 17.9 Å². The Kier molecular flexibility index (Phi) is 5.77. The Morgan fingerprint density at radius 1 is 1.35 bits per heavy atom. The molecule has 5 nitrogen and oxygen atoms in total. The van der Waals surface area contributed by atoms with Crippen LogP contribution >= 0.6 is 0 Å². The van der Waals surface area contributed by atoms with Crippen LogP contribution in [-0.2, 0) is 4.79 Å². The van der Waals surface area contributed by atoms with Crippen LogP contribution in [0.1, 0.15) is 43.5 Å². The predicted octanol–water partition coefficient (Wildman–Crippen LogP) is 1.78. The topological polar surface area (TPSA) is 75.4 Å². The molecule has 0 saturated carbocycles. The molecule has 2 atom stereocenters. The molecule has 0 aromatic heterocycles. The van der Waals surface area contributed by atoms with Gasteiger partial charge < -0.3 is 16.0 Å². The van der Waals surface area contributed by atoms with Gasteiger partial charge in [-0.15, -0.1) is 0 Å². The van der Waals surface area contributed by atoms with Gasteiger partial charge in [-0.2, -0.15) is 0 Å². The third-order valence-corrected chi connectivity index (χ3v) is 4.44. The van der Waals surface area contributed by atoms with Crippen LogP contribution in [0.5, 0.6) is 0 Å². The highest BCUT2D eigenvalue weighted by atomic mass is 16.2. The second kappa shape index (κ2) is 7.59. The van der Waals surface area contributed by atoms with Gasteiger partial charge in [0.1, 0.15) is 0 Å². The number of hydrogen-bond donors (Lipinski definition) is 2. The summed E-state index contributed by atoms with van der Waals surface area (Å²) in [4.78, 5) is 26.9. The van der Waals surface area contributed by atoms with Crippen LogP contribution in [0.3, 0.4) is 0 Å². The average Bonchev–Trinajstić information content (AvgIpc) is 2.54. The SMILES string of the molecule is CC(N)CCNC(=O)C1(C)CCCN(C(=O)c2ccccc2)C1. The van der Waals surface area contributed by atoms with Crippen LogP contribution in [0.4, 0.5) is 0 Å². The van der Waals surface area contributed by atoms with Gasteiger partial charge in [0.15, 0.2) is 0 Å². The van der Waals surface area contributed by atoms with E-state index in [0.717, 1.165) is 19.3 Å². The van der Waals surface area contributed by atoms with Crippen molar-refractivity contribution in [2.75, 3.05) is 19.6 Å². The summed E-state index contributed by atoms with van der Waals surface area (Å²) < 4.78 is 0. The highest BCUT2D eigenvalue weighted by Crippen LogP contribution is 2.30. The number of likely N-dealkylation sites (tertiary alicyclic amines) is 1.